The number of carbonyl (C=O) groups excluding carboxylic acids is 1. The van der Waals surface area contributed by atoms with Crippen LogP contribution in [-0.2, 0) is 16.1 Å². The number of carbonyl (C=O) groups is 1. The first-order valence-corrected chi connectivity index (χ1v) is 10.2. The number of ether oxygens (including phenoxy) is 2. The monoisotopic (exact) mass is 369 g/mol. The molecule has 1 aromatic carbocycles. The fourth-order valence-corrected chi connectivity index (χ4v) is 5.60. The van der Waals surface area contributed by atoms with E-state index >= 15 is 0 Å². The van der Waals surface area contributed by atoms with Gasteiger partial charge in [0.15, 0.2) is 0 Å². The first-order chi connectivity index (χ1) is 13.0. The highest BCUT2D eigenvalue weighted by atomic mass is 16.6. The summed E-state index contributed by atoms with van der Waals surface area (Å²) >= 11 is 0. The summed E-state index contributed by atoms with van der Waals surface area (Å²) < 4.78 is 11.0. The lowest BCUT2D eigenvalue weighted by atomic mass is 9.55. The zero-order chi connectivity index (χ0) is 19.0. The third-order valence-corrected chi connectivity index (χ3v) is 7.17. The Morgan fingerprint density at radius 1 is 1.33 bits per heavy atom. The second-order valence-corrected chi connectivity index (χ2v) is 8.88. The quantitative estimate of drug-likeness (QED) is 0.627. The number of allylic oxidation sites excluding steroid dienone is 1. The summed E-state index contributed by atoms with van der Waals surface area (Å²) in [5, 5.41) is 3.47. The van der Waals surface area contributed by atoms with Crippen LogP contribution >= 0.6 is 0 Å². The molecule has 2 saturated carbocycles. The number of esters is 1. The van der Waals surface area contributed by atoms with E-state index in [0.717, 1.165) is 31.6 Å². The van der Waals surface area contributed by atoms with E-state index in [1.165, 1.54) is 24.0 Å². The van der Waals surface area contributed by atoms with Crippen LogP contribution in [0.3, 0.4) is 0 Å². The molecule has 0 unspecified atom stereocenters. The van der Waals surface area contributed by atoms with Gasteiger partial charge in [0.1, 0.15) is 11.9 Å². The average molecular weight is 370 g/mol. The highest BCUT2D eigenvalue weighted by molar-refractivity contribution is 5.75. The summed E-state index contributed by atoms with van der Waals surface area (Å²) in [6, 6.07) is 8.04. The van der Waals surface area contributed by atoms with Gasteiger partial charge in [0.2, 0.25) is 0 Å². The summed E-state index contributed by atoms with van der Waals surface area (Å²) in [5.74, 6) is 1.69. The van der Waals surface area contributed by atoms with Crippen LogP contribution in [0.15, 0.2) is 36.4 Å². The fourth-order valence-electron chi connectivity index (χ4n) is 5.60. The van der Waals surface area contributed by atoms with E-state index in [-0.39, 0.29) is 23.4 Å². The van der Waals surface area contributed by atoms with Crippen molar-refractivity contribution in [2.45, 2.75) is 51.7 Å². The number of hydrogen-bond acceptors (Lipinski definition) is 4. The molecule has 3 fully saturated rings. The number of fused-ring (bicyclic) bond motifs is 2. The van der Waals surface area contributed by atoms with Crippen molar-refractivity contribution in [3.05, 3.63) is 42.0 Å². The molecular weight excluding hydrogens is 338 g/mol. The van der Waals surface area contributed by atoms with Crippen LogP contribution in [0.2, 0.25) is 0 Å². The molecule has 146 valence electrons. The minimum atomic E-state index is -0.0347. The van der Waals surface area contributed by atoms with E-state index in [9.17, 15) is 4.79 Å². The summed E-state index contributed by atoms with van der Waals surface area (Å²) in [7, 11) is 1.67. The normalized spacial score (nSPS) is 35.3. The fraction of sp³-hybridized carbons (Fsp3) is 0.609. The molecule has 1 heterocycles. The van der Waals surface area contributed by atoms with Crippen molar-refractivity contribution in [3.63, 3.8) is 0 Å². The van der Waals surface area contributed by atoms with Crippen molar-refractivity contribution in [2.24, 2.45) is 23.2 Å². The van der Waals surface area contributed by atoms with E-state index in [2.05, 4.69) is 31.0 Å². The molecule has 1 N–H and O–H groups in total. The van der Waals surface area contributed by atoms with Crippen molar-refractivity contribution >= 4 is 5.97 Å². The van der Waals surface area contributed by atoms with Crippen LogP contribution in [0.25, 0.3) is 0 Å². The first-order valence-electron chi connectivity index (χ1n) is 10.2. The molecule has 27 heavy (non-hydrogen) atoms. The summed E-state index contributed by atoms with van der Waals surface area (Å²) in [6.45, 7) is 8.17. The molecule has 4 nitrogen and oxygen atoms in total. The maximum absolute atomic E-state index is 12.6. The lowest BCUT2D eigenvalue weighted by molar-refractivity contribution is -0.146. The SMILES string of the molecule is C=C1CCC[C@]2(C)C[C@H]3OC(=O)[C@H](CNCc4ccc(OC)cc4)[C@@H]3C[C@@H]12. The number of rotatable bonds is 5. The van der Waals surface area contributed by atoms with Crippen LogP contribution in [0.4, 0.5) is 0 Å². The zero-order valence-corrected chi connectivity index (χ0v) is 16.5. The Morgan fingerprint density at radius 2 is 2.11 bits per heavy atom. The standard InChI is InChI=1S/C23H31NO3/c1-15-5-4-10-23(2)12-21-18(11-20(15)23)19(22(25)27-21)14-24-13-16-6-8-17(26-3)9-7-16/h6-9,18-21,24H,1,4-5,10-14H2,2-3H3/t18-,19+,20-,21+,23+/m0/s1. The first kappa shape index (κ1) is 18.5. The Kier molecular flexibility index (Phi) is 5.02. The van der Waals surface area contributed by atoms with Crippen molar-refractivity contribution in [3.8, 4) is 5.75 Å². The number of benzene rings is 1. The molecule has 2 aliphatic carbocycles. The average Bonchev–Trinajstić information content (AvgIpc) is 2.95. The summed E-state index contributed by atoms with van der Waals surface area (Å²) in [4.78, 5) is 12.6. The molecule has 1 saturated heterocycles. The van der Waals surface area contributed by atoms with E-state index in [0.29, 0.717) is 18.4 Å². The van der Waals surface area contributed by atoms with Crippen molar-refractivity contribution in [2.75, 3.05) is 13.7 Å². The molecule has 3 aliphatic rings. The molecule has 0 spiro atoms. The second kappa shape index (κ2) is 7.31. The molecule has 1 aromatic rings. The Hall–Kier alpha value is -1.81. The zero-order valence-electron chi connectivity index (χ0n) is 16.5. The lowest BCUT2D eigenvalue weighted by Gasteiger charge is -2.50. The van der Waals surface area contributed by atoms with Gasteiger partial charge in [-0.3, -0.25) is 4.79 Å². The highest BCUT2D eigenvalue weighted by Gasteiger charge is 2.54. The molecule has 4 rings (SSSR count). The molecule has 0 radical (unpaired) electrons. The predicted octanol–water partition coefficient (Wildman–Crippen LogP) is 4.10. The van der Waals surface area contributed by atoms with E-state index < -0.39 is 0 Å². The molecule has 1 aliphatic heterocycles. The summed E-state index contributed by atoms with van der Waals surface area (Å²) in [6.07, 6.45) is 5.76. The van der Waals surface area contributed by atoms with Gasteiger partial charge in [-0.15, -0.1) is 0 Å². The molecular formula is C23H31NO3. The second-order valence-electron chi connectivity index (χ2n) is 8.88. The maximum atomic E-state index is 12.6. The number of methoxy groups -OCH3 is 1. The van der Waals surface area contributed by atoms with Gasteiger partial charge in [-0.05, 0) is 61.1 Å². The minimum Gasteiger partial charge on any atom is -0.497 e. The van der Waals surface area contributed by atoms with Crippen LogP contribution in [0.1, 0.15) is 44.6 Å². The van der Waals surface area contributed by atoms with Crippen LogP contribution < -0.4 is 10.1 Å². The van der Waals surface area contributed by atoms with E-state index in [4.69, 9.17) is 9.47 Å². The van der Waals surface area contributed by atoms with Gasteiger partial charge in [0, 0.05) is 19.0 Å². The minimum absolute atomic E-state index is 0.0138. The van der Waals surface area contributed by atoms with Gasteiger partial charge in [-0.25, -0.2) is 0 Å². The topological polar surface area (TPSA) is 47.6 Å². The van der Waals surface area contributed by atoms with Crippen LogP contribution in [0, 0.1) is 23.2 Å². The maximum Gasteiger partial charge on any atom is 0.310 e. The van der Waals surface area contributed by atoms with Gasteiger partial charge >= 0.3 is 5.97 Å². The third-order valence-electron chi connectivity index (χ3n) is 7.17. The lowest BCUT2D eigenvalue weighted by Crippen LogP contribution is -2.45. The molecule has 5 atom stereocenters. The largest absolute Gasteiger partial charge is 0.497 e. The number of nitrogens with one attached hydrogen (secondary N) is 1. The van der Waals surface area contributed by atoms with Gasteiger partial charge in [0.05, 0.1) is 13.0 Å². The Bertz CT molecular complexity index is 713. The van der Waals surface area contributed by atoms with Crippen LogP contribution in [-0.4, -0.2) is 25.7 Å². The van der Waals surface area contributed by atoms with Gasteiger partial charge in [-0.2, -0.15) is 0 Å². The summed E-state index contributed by atoms with van der Waals surface area (Å²) in [5.41, 5.74) is 2.85. The Morgan fingerprint density at radius 3 is 2.85 bits per heavy atom. The third kappa shape index (κ3) is 3.52. The van der Waals surface area contributed by atoms with Crippen molar-refractivity contribution in [1.29, 1.82) is 0 Å². The number of hydrogen-bond donors (Lipinski definition) is 1. The van der Waals surface area contributed by atoms with Crippen molar-refractivity contribution < 1.29 is 14.3 Å². The van der Waals surface area contributed by atoms with Gasteiger partial charge in [-0.1, -0.05) is 31.2 Å². The van der Waals surface area contributed by atoms with Crippen LogP contribution in [0.5, 0.6) is 5.75 Å². The Labute approximate surface area is 162 Å². The highest BCUT2D eigenvalue weighted by Crippen LogP contribution is 2.56. The predicted molar refractivity (Wildman–Crippen MR) is 105 cm³/mol. The smallest absolute Gasteiger partial charge is 0.310 e. The Balaban J connectivity index is 1.38. The van der Waals surface area contributed by atoms with E-state index in [1.54, 1.807) is 7.11 Å². The van der Waals surface area contributed by atoms with Crippen molar-refractivity contribution in [1.82, 2.24) is 5.32 Å². The molecule has 0 bridgehead atoms. The van der Waals surface area contributed by atoms with Gasteiger partial charge in [0.25, 0.3) is 0 Å². The molecule has 0 amide bonds. The van der Waals surface area contributed by atoms with E-state index in [1.807, 2.05) is 12.1 Å². The molecule has 4 heteroatoms. The molecule has 0 aromatic heterocycles. The van der Waals surface area contributed by atoms with Gasteiger partial charge < -0.3 is 14.8 Å².